The molecule has 1 N–H and O–H groups in total. The van der Waals surface area contributed by atoms with E-state index in [4.69, 9.17) is 4.74 Å². The molecule has 0 aromatic carbocycles. The molecule has 1 aromatic heterocycles. The fraction of sp³-hybridized carbons (Fsp3) is 0.692. The van der Waals surface area contributed by atoms with Crippen LogP contribution in [0.4, 0.5) is 11.6 Å². The number of nitrogens with zero attached hydrogens (tertiary/aromatic N) is 3. The Morgan fingerprint density at radius 3 is 2.53 bits per heavy atom. The number of hydrogen-bond donors (Lipinski definition) is 1. The molecule has 6 heteroatoms. The van der Waals surface area contributed by atoms with Crippen molar-refractivity contribution in [2.45, 2.75) is 19.3 Å². The Balaban J connectivity index is 1.84. The molecule has 2 fully saturated rings. The maximum atomic E-state index is 11.7. The van der Waals surface area contributed by atoms with E-state index in [0.29, 0.717) is 13.2 Å². The maximum Gasteiger partial charge on any atom is 0.348 e. The summed E-state index contributed by atoms with van der Waals surface area (Å²) in [7, 11) is 0. The molecule has 19 heavy (non-hydrogen) atoms. The van der Waals surface area contributed by atoms with E-state index in [-0.39, 0.29) is 5.69 Å². The lowest BCUT2D eigenvalue weighted by atomic mass is 10.1. The van der Waals surface area contributed by atoms with Crippen LogP contribution in [-0.2, 0) is 4.74 Å². The second-order valence-corrected chi connectivity index (χ2v) is 5.08. The van der Waals surface area contributed by atoms with Crippen LogP contribution < -0.4 is 15.5 Å². The molecule has 0 atom stereocenters. The van der Waals surface area contributed by atoms with Crippen molar-refractivity contribution in [3.63, 3.8) is 0 Å². The summed E-state index contributed by atoms with van der Waals surface area (Å²) in [6, 6.07) is 2.00. The molecule has 2 aliphatic rings. The summed E-state index contributed by atoms with van der Waals surface area (Å²) in [5.41, 5.74) is -0.260. The lowest BCUT2D eigenvalue weighted by molar-refractivity contribution is 0.122. The summed E-state index contributed by atoms with van der Waals surface area (Å²) >= 11 is 0. The summed E-state index contributed by atoms with van der Waals surface area (Å²) in [4.78, 5) is 23.1. The monoisotopic (exact) mass is 264 g/mol. The number of H-pyrrole nitrogens is 1. The number of nitrogens with one attached hydrogen (secondary N) is 1. The van der Waals surface area contributed by atoms with Gasteiger partial charge in [-0.3, -0.25) is 4.98 Å². The number of anilines is 2. The molecule has 1 aromatic rings. The number of piperidine rings is 1. The Morgan fingerprint density at radius 2 is 1.79 bits per heavy atom. The summed E-state index contributed by atoms with van der Waals surface area (Å²) in [5.74, 6) is 1.67. The van der Waals surface area contributed by atoms with Gasteiger partial charge in [0.1, 0.15) is 11.6 Å². The first-order chi connectivity index (χ1) is 9.33. The minimum Gasteiger partial charge on any atom is -0.378 e. The van der Waals surface area contributed by atoms with Gasteiger partial charge in [-0.15, -0.1) is 0 Å². The Hall–Kier alpha value is -1.56. The predicted octanol–water partition coefficient (Wildman–Crippen LogP) is 0.597. The highest BCUT2D eigenvalue weighted by molar-refractivity contribution is 5.50. The van der Waals surface area contributed by atoms with Gasteiger partial charge in [0.05, 0.1) is 13.2 Å². The van der Waals surface area contributed by atoms with Gasteiger partial charge in [-0.2, -0.15) is 4.98 Å². The SMILES string of the molecule is O=c1nc(N2CCCCC2)cc(N2CCOCC2)[nH]1. The number of aromatic nitrogens is 2. The zero-order valence-electron chi connectivity index (χ0n) is 11.1. The first kappa shape index (κ1) is 12.5. The fourth-order valence-electron chi connectivity index (χ4n) is 2.69. The molecule has 2 saturated heterocycles. The van der Waals surface area contributed by atoms with Crippen LogP contribution in [0.5, 0.6) is 0 Å². The minimum absolute atomic E-state index is 0.260. The molecule has 6 nitrogen and oxygen atoms in total. The van der Waals surface area contributed by atoms with E-state index in [9.17, 15) is 4.79 Å². The lowest BCUT2D eigenvalue weighted by Crippen LogP contribution is -2.38. The predicted molar refractivity (Wildman–Crippen MR) is 74.0 cm³/mol. The first-order valence-electron chi connectivity index (χ1n) is 7.02. The normalized spacial score (nSPS) is 20.6. The molecule has 2 aliphatic heterocycles. The maximum absolute atomic E-state index is 11.7. The van der Waals surface area contributed by atoms with Crippen molar-refractivity contribution in [3.05, 3.63) is 16.6 Å². The Kier molecular flexibility index (Phi) is 3.68. The average Bonchev–Trinajstić information content (AvgIpc) is 2.48. The van der Waals surface area contributed by atoms with Crippen molar-refractivity contribution < 1.29 is 4.74 Å². The van der Waals surface area contributed by atoms with E-state index >= 15 is 0 Å². The van der Waals surface area contributed by atoms with E-state index in [0.717, 1.165) is 37.8 Å². The Bertz CT molecular complexity index is 437. The van der Waals surface area contributed by atoms with Gasteiger partial charge in [0, 0.05) is 32.2 Å². The smallest absolute Gasteiger partial charge is 0.348 e. The van der Waals surface area contributed by atoms with E-state index in [1.165, 1.54) is 19.3 Å². The zero-order chi connectivity index (χ0) is 13.1. The van der Waals surface area contributed by atoms with Crippen LogP contribution in [0.25, 0.3) is 0 Å². The van der Waals surface area contributed by atoms with E-state index in [1.54, 1.807) is 0 Å². The van der Waals surface area contributed by atoms with Crippen LogP contribution in [0, 0.1) is 0 Å². The average molecular weight is 264 g/mol. The molecule has 0 saturated carbocycles. The van der Waals surface area contributed by atoms with Gasteiger partial charge in [-0.1, -0.05) is 0 Å². The van der Waals surface area contributed by atoms with Gasteiger partial charge < -0.3 is 14.5 Å². The molecule has 0 radical (unpaired) electrons. The molecule has 3 rings (SSSR count). The van der Waals surface area contributed by atoms with Gasteiger partial charge in [-0.25, -0.2) is 4.79 Å². The molecule has 104 valence electrons. The third kappa shape index (κ3) is 2.89. The topological polar surface area (TPSA) is 61.5 Å². The fourth-order valence-corrected chi connectivity index (χ4v) is 2.69. The van der Waals surface area contributed by atoms with Crippen molar-refractivity contribution in [2.24, 2.45) is 0 Å². The van der Waals surface area contributed by atoms with Gasteiger partial charge in [0.25, 0.3) is 0 Å². The van der Waals surface area contributed by atoms with Crippen molar-refractivity contribution in [3.8, 4) is 0 Å². The molecule has 0 spiro atoms. The van der Waals surface area contributed by atoms with Crippen LogP contribution in [-0.4, -0.2) is 49.4 Å². The molecular weight excluding hydrogens is 244 g/mol. The van der Waals surface area contributed by atoms with Crippen molar-refractivity contribution >= 4 is 11.6 Å². The molecule has 3 heterocycles. The molecule has 0 amide bonds. The van der Waals surface area contributed by atoms with Gasteiger partial charge in [0.15, 0.2) is 0 Å². The van der Waals surface area contributed by atoms with E-state index in [1.807, 2.05) is 6.07 Å². The number of hydrogen-bond acceptors (Lipinski definition) is 5. The first-order valence-corrected chi connectivity index (χ1v) is 7.02. The summed E-state index contributed by atoms with van der Waals surface area (Å²) in [6.07, 6.45) is 3.64. The van der Waals surface area contributed by atoms with Gasteiger partial charge >= 0.3 is 5.69 Å². The highest BCUT2D eigenvalue weighted by Gasteiger charge is 2.17. The van der Waals surface area contributed by atoms with Crippen LogP contribution in [0.2, 0.25) is 0 Å². The zero-order valence-corrected chi connectivity index (χ0v) is 11.1. The lowest BCUT2D eigenvalue weighted by Gasteiger charge is -2.31. The second kappa shape index (κ2) is 5.61. The standard InChI is InChI=1S/C13H20N4O2/c18-13-14-11(16-4-2-1-3-5-16)10-12(15-13)17-6-8-19-9-7-17/h10H,1-9H2,(H,14,15,18). The summed E-state index contributed by atoms with van der Waals surface area (Å²) < 4.78 is 5.34. The number of rotatable bonds is 2. The highest BCUT2D eigenvalue weighted by atomic mass is 16.5. The van der Waals surface area contributed by atoms with Crippen molar-refractivity contribution in [2.75, 3.05) is 49.2 Å². The molecular formula is C13H20N4O2. The molecule has 0 unspecified atom stereocenters. The van der Waals surface area contributed by atoms with Gasteiger partial charge in [-0.05, 0) is 19.3 Å². The second-order valence-electron chi connectivity index (χ2n) is 5.08. The quantitative estimate of drug-likeness (QED) is 0.847. The van der Waals surface area contributed by atoms with Crippen molar-refractivity contribution in [1.29, 1.82) is 0 Å². The van der Waals surface area contributed by atoms with Crippen LogP contribution in [0.15, 0.2) is 10.9 Å². The van der Waals surface area contributed by atoms with E-state index in [2.05, 4.69) is 19.8 Å². The minimum atomic E-state index is -0.260. The number of ether oxygens (including phenoxy) is 1. The Morgan fingerprint density at radius 1 is 1.05 bits per heavy atom. The highest BCUT2D eigenvalue weighted by Crippen LogP contribution is 2.20. The van der Waals surface area contributed by atoms with Gasteiger partial charge in [0.2, 0.25) is 0 Å². The van der Waals surface area contributed by atoms with Crippen LogP contribution >= 0.6 is 0 Å². The number of aromatic amines is 1. The van der Waals surface area contributed by atoms with E-state index < -0.39 is 0 Å². The van der Waals surface area contributed by atoms with Crippen LogP contribution in [0.1, 0.15) is 19.3 Å². The third-order valence-electron chi connectivity index (χ3n) is 3.75. The Labute approximate surface area is 112 Å². The van der Waals surface area contributed by atoms with Crippen molar-refractivity contribution in [1.82, 2.24) is 9.97 Å². The molecule has 0 aliphatic carbocycles. The van der Waals surface area contributed by atoms with Crippen LogP contribution in [0.3, 0.4) is 0 Å². The number of morpholine rings is 1. The third-order valence-corrected chi connectivity index (χ3v) is 3.75. The molecule has 0 bridgehead atoms. The summed E-state index contributed by atoms with van der Waals surface area (Å²) in [5, 5.41) is 0. The summed E-state index contributed by atoms with van der Waals surface area (Å²) in [6.45, 7) is 5.06. The largest absolute Gasteiger partial charge is 0.378 e.